The molecule has 1 fully saturated rings. The van der Waals surface area contributed by atoms with E-state index in [9.17, 15) is 0 Å². The molecule has 0 atom stereocenters. The second-order valence-corrected chi connectivity index (χ2v) is 14.2. The van der Waals surface area contributed by atoms with Crippen LogP contribution in [-0.2, 0) is 5.41 Å². The average molecular weight is 697 g/mol. The van der Waals surface area contributed by atoms with E-state index in [-0.39, 0.29) is 5.41 Å². The summed E-state index contributed by atoms with van der Waals surface area (Å²) < 4.78 is 0. The Balaban J connectivity index is 1.11. The molecule has 2 aromatic heterocycles. The molecule has 10 rings (SSSR count). The molecule has 6 heteroatoms. The first-order valence-electron chi connectivity index (χ1n) is 18.8. The molecule has 6 aromatic carbocycles. The molecule has 0 radical (unpaired) electrons. The number of nitrogens with zero attached hydrogens (tertiary/aromatic N) is 6. The Bertz CT molecular complexity index is 2580. The van der Waals surface area contributed by atoms with E-state index in [0.717, 1.165) is 33.4 Å². The van der Waals surface area contributed by atoms with Crippen molar-refractivity contribution in [3.63, 3.8) is 0 Å². The van der Waals surface area contributed by atoms with E-state index in [0.29, 0.717) is 34.9 Å². The van der Waals surface area contributed by atoms with Crippen molar-refractivity contribution in [3.05, 3.63) is 169 Å². The van der Waals surface area contributed by atoms with Gasteiger partial charge in [-0.15, -0.1) is 0 Å². The molecule has 8 aromatic rings. The first-order valence-corrected chi connectivity index (χ1v) is 18.8. The van der Waals surface area contributed by atoms with Crippen molar-refractivity contribution in [3.8, 4) is 79.5 Å². The molecule has 0 N–H and O–H groups in total. The second kappa shape index (κ2) is 13.4. The summed E-state index contributed by atoms with van der Waals surface area (Å²) in [6.07, 6.45) is 6.10. The van der Waals surface area contributed by atoms with Crippen LogP contribution < -0.4 is 0 Å². The van der Waals surface area contributed by atoms with Crippen molar-refractivity contribution < 1.29 is 0 Å². The van der Waals surface area contributed by atoms with E-state index in [4.69, 9.17) is 29.9 Å². The number of rotatable bonds is 6. The van der Waals surface area contributed by atoms with E-state index in [1.807, 2.05) is 97.1 Å². The molecule has 6 nitrogen and oxygen atoms in total. The van der Waals surface area contributed by atoms with Crippen LogP contribution in [0.4, 0.5) is 0 Å². The van der Waals surface area contributed by atoms with E-state index >= 15 is 0 Å². The Kier molecular flexibility index (Phi) is 7.94. The van der Waals surface area contributed by atoms with Gasteiger partial charge < -0.3 is 0 Å². The predicted octanol–water partition coefficient (Wildman–Crippen LogP) is 11.3. The molecule has 1 saturated carbocycles. The number of hydrogen-bond acceptors (Lipinski definition) is 6. The number of hydrogen-bond donors (Lipinski definition) is 0. The molecule has 1 spiro atoms. The highest BCUT2D eigenvalue weighted by Gasteiger charge is 2.43. The first kappa shape index (κ1) is 32.0. The minimum Gasteiger partial charge on any atom is -0.208 e. The van der Waals surface area contributed by atoms with Crippen molar-refractivity contribution in [2.24, 2.45) is 0 Å². The van der Waals surface area contributed by atoms with Crippen LogP contribution in [0.15, 0.2) is 158 Å². The third kappa shape index (κ3) is 5.67. The Hall–Kier alpha value is -6.66. The Labute approximate surface area is 314 Å². The van der Waals surface area contributed by atoms with Gasteiger partial charge >= 0.3 is 0 Å². The zero-order valence-electron chi connectivity index (χ0n) is 29.7. The zero-order chi connectivity index (χ0) is 35.9. The van der Waals surface area contributed by atoms with Crippen LogP contribution in [0.3, 0.4) is 0 Å². The van der Waals surface area contributed by atoms with Crippen LogP contribution >= 0.6 is 0 Å². The van der Waals surface area contributed by atoms with Gasteiger partial charge in [-0.3, -0.25) is 0 Å². The molecule has 2 heterocycles. The maximum Gasteiger partial charge on any atom is 0.164 e. The van der Waals surface area contributed by atoms with Gasteiger partial charge in [0, 0.05) is 38.8 Å². The molecule has 0 unspecified atom stereocenters. The molecule has 258 valence electrons. The van der Waals surface area contributed by atoms with Gasteiger partial charge in [-0.05, 0) is 47.2 Å². The Morgan fingerprint density at radius 1 is 0.296 bits per heavy atom. The molecule has 54 heavy (non-hydrogen) atoms. The van der Waals surface area contributed by atoms with Crippen LogP contribution in [0.2, 0.25) is 0 Å². The topological polar surface area (TPSA) is 77.3 Å². The van der Waals surface area contributed by atoms with Crippen molar-refractivity contribution in [2.45, 2.75) is 37.5 Å². The lowest BCUT2D eigenvalue weighted by Gasteiger charge is -2.36. The molecular weight excluding hydrogens is 661 g/mol. The van der Waals surface area contributed by atoms with Crippen molar-refractivity contribution in [1.82, 2.24) is 29.9 Å². The monoisotopic (exact) mass is 696 g/mol. The van der Waals surface area contributed by atoms with Gasteiger partial charge in [0.25, 0.3) is 0 Å². The second-order valence-electron chi connectivity index (χ2n) is 14.2. The van der Waals surface area contributed by atoms with E-state index in [1.165, 1.54) is 54.4 Å². The zero-order valence-corrected chi connectivity index (χ0v) is 29.7. The Morgan fingerprint density at radius 2 is 0.685 bits per heavy atom. The van der Waals surface area contributed by atoms with Gasteiger partial charge in [0.2, 0.25) is 0 Å². The van der Waals surface area contributed by atoms with E-state index < -0.39 is 0 Å². The summed E-state index contributed by atoms with van der Waals surface area (Å²) in [5, 5.41) is 0. The highest BCUT2D eigenvalue weighted by atomic mass is 15.0. The lowest BCUT2D eigenvalue weighted by Crippen LogP contribution is -2.28. The third-order valence-corrected chi connectivity index (χ3v) is 11.0. The van der Waals surface area contributed by atoms with Gasteiger partial charge in [-0.25, -0.2) is 29.9 Å². The lowest BCUT2D eigenvalue weighted by molar-refractivity contribution is 0.353. The summed E-state index contributed by atoms with van der Waals surface area (Å²) in [4.78, 5) is 30.2. The number of benzene rings is 6. The van der Waals surface area contributed by atoms with Gasteiger partial charge in [-0.2, -0.15) is 0 Å². The van der Waals surface area contributed by atoms with Gasteiger partial charge in [0.05, 0.1) is 0 Å². The Morgan fingerprint density at radius 3 is 1.19 bits per heavy atom. The summed E-state index contributed by atoms with van der Waals surface area (Å²) in [6, 6.07) is 54.2. The number of fused-ring (bicyclic) bond motifs is 5. The average Bonchev–Trinajstić information content (AvgIpc) is 3.52. The summed E-state index contributed by atoms with van der Waals surface area (Å²) in [7, 11) is 0. The smallest absolute Gasteiger partial charge is 0.164 e. The van der Waals surface area contributed by atoms with Crippen LogP contribution in [-0.4, -0.2) is 29.9 Å². The lowest BCUT2D eigenvalue weighted by atomic mass is 9.67. The third-order valence-electron chi connectivity index (χ3n) is 11.0. The summed E-state index contributed by atoms with van der Waals surface area (Å²) in [5.74, 6) is 3.71. The van der Waals surface area contributed by atoms with Gasteiger partial charge in [0.15, 0.2) is 34.9 Å². The summed E-state index contributed by atoms with van der Waals surface area (Å²) in [5.41, 5.74) is 11.1. The summed E-state index contributed by atoms with van der Waals surface area (Å²) in [6.45, 7) is 0. The van der Waals surface area contributed by atoms with E-state index in [2.05, 4.69) is 60.7 Å². The SMILES string of the molecule is c1ccc(-c2nc(-c3ccccc3)nc(-c3cccc(-c4nc(-c5ccccc5)nc(-c5ccc6c(c5)C5(CCCCC5)c5ccccc5-6)n4)c3)n2)cc1. The predicted molar refractivity (Wildman–Crippen MR) is 215 cm³/mol. The van der Waals surface area contributed by atoms with Crippen LogP contribution in [0.5, 0.6) is 0 Å². The van der Waals surface area contributed by atoms with Crippen LogP contribution in [0, 0.1) is 0 Å². The van der Waals surface area contributed by atoms with E-state index in [1.54, 1.807) is 0 Å². The quantitative estimate of drug-likeness (QED) is 0.172. The van der Waals surface area contributed by atoms with Crippen molar-refractivity contribution in [1.29, 1.82) is 0 Å². The normalized spacial score (nSPS) is 14.1. The fourth-order valence-electron chi connectivity index (χ4n) is 8.37. The highest BCUT2D eigenvalue weighted by Crippen LogP contribution is 2.56. The molecular formula is C48H36N6. The molecule has 0 amide bonds. The van der Waals surface area contributed by atoms with Crippen LogP contribution in [0.1, 0.15) is 43.2 Å². The first-order chi connectivity index (χ1) is 26.7. The maximum absolute atomic E-state index is 5.20. The fourth-order valence-corrected chi connectivity index (χ4v) is 8.37. The molecule has 0 bridgehead atoms. The standard InChI is InChI=1S/C48H36N6/c1-5-16-32(17-6-1)42-49-43(33-18-7-2-8-19-33)51-45(50-42)35-22-15-23-36(30-35)46-52-44(34-20-9-3-10-21-34)53-47(54-46)37-26-27-39-38-24-11-12-25-40(38)48(41(39)31-37)28-13-4-14-29-48/h1-3,5-12,15-27,30-31H,4,13-14,28-29H2. The minimum absolute atomic E-state index is 0.0361. The van der Waals surface area contributed by atoms with Crippen LogP contribution in [0.25, 0.3) is 79.5 Å². The summed E-state index contributed by atoms with van der Waals surface area (Å²) >= 11 is 0. The molecule has 0 saturated heterocycles. The van der Waals surface area contributed by atoms with Gasteiger partial charge in [0.1, 0.15) is 0 Å². The fraction of sp³-hybridized carbons (Fsp3) is 0.125. The van der Waals surface area contributed by atoms with Crippen molar-refractivity contribution >= 4 is 0 Å². The molecule has 2 aliphatic rings. The van der Waals surface area contributed by atoms with Crippen molar-refractivity contribution in [2.75, 3.05) is 0 Å². The number of aromatic nitrogens is 6. The largest absolute Gasteiger partial charge is 0.208 e. The highest BCUT2D eigenvalue weighted by molar-refractivity contribution is 5.84. The maximum atomic E-state index is 5.20. The minimum atomic E-state index is 0.0361. The molecule has 2 aliphatic carbocycles. The van der Waals surface area contributed by atoms with Gasteiger partial charge in [-0.1, -0.05) is 165 Å². The molecule has 0 aliphatic heterocycles.